The first kappa shape index (κ1) is 18.4. The van der Waals surface area contributed by atoms with Gasteiger partial charge in [-0.2, -0.15) is 13.2 Å². The summed E-state index contributed by atoms with van der Waals surface area (Å²) < 4.78 is 73.7. The third kappa shape index (κ3) is 4.32. The van der Waals surface area contributed by atoms with Crippen molar-refractivity contribution in [2.45, 2.75) is 16.9 Å². The van der Waals surface area contributed by atoms with Crippen LogP contribution in [0.2, 0.25) is 0 Å². The minimum Gasteiger partial charge on any atom is -0.347 e. The van der Waals surface area contributed by atoms with Crippen LogP contribution in [0.25, 0.3) is 0 Å². The van der Waals surface area contributed by atoms with Gasteiger partial charge >= 0.3 is 6.18 Å². The van der Waals surface area contributed by atoms with Gasteiger partial charge in [-0.3, -0.25) is 4.79 Å². The molecule has 1 amide bonds. The lowest BCUT2D eigenvalue weighted by atomic mass is 10.1. The van der Waals surface area contributed by atoms with E-state index in [9.17, 15) is 30.8 Å². The van der Waals surface area contributed by atoms with Gasteiger partial charge in [-0.1, -0.05) is 6.07 Å². The first-order chi connectivity index (χ1) is 11.0. The highest BCUT2D eigenvalue weighted by Crippen LogP contribution is 2.30. The van der Waals surface area contributed by atoms with Gasteiger partial charge < -0.3 is 5.32 Å². The molecule has 10 heteroatoms. The molecule has 1 heterocycles. The van der Waals surface area contributed by atoms with Gasteiger partial charge in [0.1, 0.15) is 10.0 Å². The molecule has 1 N–H and O–H groups in total. The van der Waals surface area contributed by atoms with Crippen molar-refractivity contribution in [3.05, 3.63) is 52.2 Å². The highest BCUT2D eigenvalue weighted by molar-refractivity contribution is 7.92. The molecule has 130 valence electrons. The number of alkyl halides is 3. The van der Waals surface area contributed by atoms with Crippen LogP contribution in [0, 0.1) is 5.82 Å². The normalized spacial score (nSPS) is 12.2. The Kier molecular flexibility index (Phi) is 5.00. The zero-order valence-electron chi connectivity index (χ0n) is 12.1. The Bertz CT molecular complexity index is 872. The van der Waals surface area contributed by atoms with Crippen LogP contribution in [-0.4, -0.2) is 20.6 Å². The molecule has 0 saturated heterocycles. The summed E-state index contributed by atoms with van der Waals surface area (Å²) in [4.78, 5) is 12.0. The molecule has 0 aliphatic heterocycles. The van der Waals surface area contributed by atoms with Gasteiger partial charge in [-0.25, -0.2) is 12.8 Å². The van der Waals surface area contributed by atoms with E-state index < -0.39 is 33.3 Å². The standard InChI is InChI=1S/C14H11F4NO3S2/c1-24(21,22)12-5-4-11(23-12)13(20)19-7-8-2-3-9(6-10(8)15)14(16,17)18/h2-6H,7H2,1H3,(H,19,20). The van der Waals surface area contributed by atoms with Crippen LogP contribution < -0.4 is 5.32 Å². The monoisotopic (exact) mass is 381 g/mol. The first-order valence-electron chi connectivity index (χ1n) is 6.42. The van der Waals surface area contributed by atoms with Crippen molar-refractivity contribution in [2.24, 2.45) is 0 Å². The maximum absolute atomic E-state index is 13.7. The Morgan fingerprint density at radius 3 is 2.38 bits per heavy atom. The lowest BCUT2D eigenvalue weighted by Crippen LogP contribution is -2.22. The Balaban J connectivity index is 2.08. The second-order valence-electron chi connectivity index (χ2n) is 4.88. The quantitative estimate of drug-likeness (QED) is 0.827. The fourth-order valence-corrected chi connectivity index (χ4v) is 3.61. The number of carbonyl (C=O) groups excluding carboxylic acids is 1. The van der Waals surface area contributed by atoms with Gasteiger partial charge in [-0.05, 0) is 24.3 Å². The van der Waals surface area contributed by atoms with Crippen LogP contribution in [-0.2, 0) is 22.6 Å². The third-order valence-electron chi connectivity index (χ3n) is 2.99. The van der Waals surface area contributed by atoms with Crippen molar-refractivity contribution in [2.75, 3.05) is 6.26 Å². The van der Waals surface area contributed by atoms with E-state index in [2.05, 4.69) is 5.32 Å². The summed E-state index contributed by atoms with van der Waals surface area (Å²) >= 11 is 0.751. The smallest absolute Gasteiger partial charge is 0.347 e. The number of halogens is 4. The van der Waals surface area contributed by atoms with Crippen LogP contribution in [0.1, 0.15) is 20.8 Å². The minimum absolute atomic E-state index is 0.00774. The molecule has 24 heavy (non-hydrogen) atoms. The molecule has 0 radical (unpaired) electrons. The van der Waals surface area contributed by atoms with Gasteiger partial charge in [-0.15, -0.1) is 11.3 Å². The Morgan fingerprint density at radius 1 is 1.21 bits per heavy atom. The average Bonchev–Trinajstić information content (AvgIpc) is 2.94. The van der Waals surface area contributed by atoms with Crippen molar-refractivity contribution < 1.29 is 30.8 Å². The lowest BCUT2D eigenvalue weighted by Gasteiger charge is -2.09. The maximum atomic E-state index is 13.7. The zero-order chi connectivity index (χ0) is 18.1. The summed E-state index contributed by atoms with van der Waals surface area (Å²) in [6.07, 6.45) is -3.65. The molecule has 0 fully saturated rings. The molecule has 0 atom stereocenters. The second kappa shape index (κ2) is 6.52. The molecule has 0 aliphatic carbocycles. The molecular formula is C14H11F4NO3S2. The van der Waals surface area contributed by atoms with Crippen LogP contribution >= 0.6 is 11.3 Å². The van der Waals surface area contributed by atoms with Gasteiger partial charge in [0.2, 0.25) is 0 Å². The van der Waals surface area contributed by atoms with Crippen molar-refractivity contribution in [1.82, 2.24) is 5.32 Å². The predicted octanol–water partition coefficient (Wildman–Crippen LogP) is 3.24. The van der Waals surface area contributed by atoms with E-state index in [0.29, 0.717) is 6.07 Å². The van der Waals surface area contributed by atoms with E-state index >= 15 is 0 Å². The van der Waals surface area contributed by atoms with E-state index in [-0.39, 0.29) is 21.2 Å². The van der Waals surface area contributed by atoms with E-state index in [4.69, 9.17) is 0 Å². The van der Waals surface area contributed by atoms with Gasteiger partial charge in [0.05, 0.1) is 10.4 Å². The van der Waals surface area contributed by atoms with Crippen molar-refractivity contribution in [3.63, 3.8) is 0 Å². The third-order valence-corrected chi connectivity index (χ3v) is 5.89. The highest BCUT2D eigenvalue weighted by Gasteiger charge is 2.31. The first-order valence-corrected chi connectivity index (χ1v) is 9.13. The number of sulfone groups is 1. The number of rotatable bonds is 4. The Hall–Kier alpha value is -1.94. The number of hydrogen-bond donors (Lipinski definition) is 1. The zero-order valence-corrected chi connectivity index (χ0v) is 13.8. The van der Waals surface area contributed by atoms with E-state index in [0.717, 1.165) is 29.7 Å². The van der Waals surface area contributed by atoms with E-state index in [1.54, 1.807) is 0 Å². The van der Waals surface area contributed by atoms with Gasteiger partial charge in [0.25, 0.3) is 5.91 Å². The molecular weight excluding hydrogens is 370 g/mol. The summed E-state index contributed by atoms with van der Waals surface area (Å²) in [7, 11) is -3.44. The van der Waals surface area contributed by atoms with Gasteiger partial charge in [0, 0.05) is 18.4 Å². The van der Waals surface area contributed by atoms with Crippen molar-refractivity contribution in [3.8, 4) is 0 Å². The molecule has 2 rings (SSSR count). The Morgan fingerprint density at radius 2 is 1.88 bits per heavy atom. The molecule has 0 unspecified atom stereocenters. The molecule has 1 aromatic heterocycles. The molecule has 0 aliphatic rings. The summed E-state index contributed by atoms with van der Waals surface area (Å²) in [5.41, 5.74) is -1.23. The van der Waals surface area contributed by atoms with E-state index in [1.807, 2.05) is 0 Å². The van der Waals surface area contributed by atoms with Crippen LogP contribution in [0.3, 0.4) is 0 Å². The Labute approximate surface area is 139 Å². The minimum atomic E-state index is -4.65. The summed E-state index contributed by atoms with van der Waals surface area (Å²) in [5.74, 6) is -1.73. The SMILES string of the molecule is CS(=O)(=O)c1ccc(C(=O)NCc2ccc(C(F)(F)F)cc2F)s1. The number of benzene rings is 1. The van der Waals surface area contributed by atoms with Gasteiger partial charge in [0.15, 0.2) is 9.84 Å². The fourth-order valence-electron chi connectivity index (χ4n) is 1.77. The van der Waals surface area contributed by atoms with E-state index in [1.165, 1.54) is 12.1 Å². The number of amides is 1. The predicted molar refractivity (Wildman–Crippen MR) is 80.0 cm³/mol. The van der Waals surface area contributed by atoms with Crippen LogP contribution in [0.5, 0.6) is 0 Å². The second-order valence-corrected chi connectivity index (χ2v) is 8.20. The molecule has 2 aromatic rings. The molecule has 0 spiro atoms. The van der Waals surface area contributed by atoms with Crippen molar-refractivity contribution in [1.29, 1.82) is 0 Å². The lowest BCUT2D eigenvalue weighted by molar-refractivity contribution is -0.137. The average molecular weight is 381 g/mol. The van der Waals surface area contributed by atoms with Crippen LogP contribution in [0.15, 0.2) is 34.5 Å². The summed E-state index contributed by atoms with van der Waals surface area (Å²) in [6, 6.07) is 4.59. The topological polar surface area (TPSA) is 63.2 Å². The molecule has 0 saturated carbocycles. The van der Waals surface area contributed by atoms with Crippen molar-refractivity contribution >= 4 is 27.1 Å². The highest BCUT2D eigenvalue weighted by atomic mass is 32.2. The molecule has 0 bridgehead atoms. The molecule has 4 nitrogen and oxygen atoms in total. The molecule has 1 aromatic carbocycles. The van der Waals surface area contributed by atoms with Crippen LogP contribution in [0.4, 0.5) is 17.6 Å². The summed E-state index contributed by atoms with van der Waals surface area (Å²) in [5, 5.41) is 2.33. The maximum Gasteiger partial charge on any atom is 0.416 e. The number of carbonyl (C=O) groups is 1. The fraction of sp³-hybridized carbons (Fsp3) is 0.214. The largest absolute Gasteiger partial charge is 0.416 e. The number of thiophene rings is 1. The number of hydrogen-bond acceptors (Lipinski definition) is 4. The number of nitrogens with one attached hydrogen (secondary N) is 1. The summed E-state index contributed by atoms with van der Waals surface area (Å²) in [6.45, 7) is -0.324.